The van der Waals surface area contributed by atoms with Crippen LogP contribution in [0.3, 0.4) is 0 Å². The lowest BCUT2D eigenvalue weighted by atomic mass is 9.83. The summed E-state index contributed by atoms with van der Waals surface area (Å²) in [5, 5.41) is 0. The van der Waals surface area contributed by atoms with Crippen LogP contribution in [0, 0.1) is 0 Å². The van der Waals surface area contributed by atoms with E-state index in [1.165, 1.54) is 0 Å². The van der Waals surface area contributed by atoms with Crippen molar-refractivity contribution in [2.45, 2.75) is 49.7 Å². The van der Waals surface area contributed by atoms with Gasteiger partial charge in [-0.1, -0.05) is 46.9 Å². The Hall–Kier alpha value is -0.620. The van der Waals surface area contributed by atoms with Crippen LogP contribution in [0.15, 0.2) is 24.3 Å². The summed E-state index contributed by atoms with van der Waals surface area (Å²) in [6.45, 7) is 9.39. The number of hydrogen-bond donors (Lipinski definition) is 1. The smallest absolute Gasteiger partial charge is 0.316 e. The molecule has 0 saturated heterocycles. The quantitative estimate of drug-likeness (QED) is 0.379. The van der Waals surface area contributed by atoms with Crippen molar-refractivity contribution in [3.63, 3.8) is 0 Å². The highest BCUT2D eigenvalue weighted by atomic mass is 127. The minimum absolute atomic E-state index is 0.112. The van der Waals surface area contributed by atoms with E-state index in [2.05, 4.69) is 22.6 Å². The fourth-order valence-electron chi connectivity index (χ4n) is 1.69. The molecule has 19 heavy (non-hydrogen) atoms. The highest BCUT2D eigenvalue weighted by Gasteiger charge is 2.33. The van der Waals surface area contributed by atoms with Gasteiger partial charge in [0.05, 0.1) is 15.1 Å². The van der Waals surface area contributed by atoms with Crippen molar-refractivity contribution in [2.24, 2.45) is 5.73 Å². The van der Waals surface area contributed by atoms with E-state index in [9.17, 15) is 4.79 Å². The third kappa shape index (κ3) is 4.18. The number of esters is 1. The molecule has 0 aromatic heterocycles. The second-order valence-corrected chi connectivity index (χ2v) is 7.98. The molecule has 1 aromatic rings. The van der Waals surface area contributed by atoms with E-state index in [1.54, 1.807) is 0 Å². The fraction of sp³-hybridized carbons (Fsp3) is 0.533. The van der Waals surface area contributed by atoms with E-state index >= 15 is 0 Å². The van der Waals surface area contributed by atoms with Crippen molar-refractivity contribution in [2.75, 3.05) is 0 Å². The molecule has 0 aliphatic carbocycles. The van der Waals surface area contributed by atoms with Crippen LogP contribution in [0.25, 0.3) is 0 Å². The summed E-state index contributed by atoms with van der Waals surface area (Å²) in [4.78, 5) is 12.2. The number of carbonyl (C=O) groups excluding carboxylic acids is 1. The Labute approximate surface area is 129 Å². The normalized spacial score (nSPS) is 15.2. The molecule has 4 heteroatoms. The van der Waals surface area contributed by atoms with Crippen LogP contribution in [-0.2, 0) is 18.5 Å². The predicted octanol–water partition coefficient (Wildman–Crippen LogP) is 3.48. The summed E-state index contributed by atoms with van der Waals surface area (Å²) in [5.74, 6) is -0.216. The number of alkyl halides is 1. The topological polar surface area (TPSA) is 52.3 Å². The molecule has 0 heterocycles. The van der Waals surface area contributed by atoms with Gasteiger partial charge in [0.1, 0.15) is 0 Å². The van der Waals surface area contributed by atoms with Crippen LogP contribution < -0.4 is 5.73 Å². The highest BCUT2D eigenvalue weighted by molar-refractivity contribution is 14.1. The number of halogens is 1. The van der Waals surface area contributed by atoms with Gasteiger partial charge >= 0.3 is 5.97 Å². The van der Waals surface area contributed by atoms with E-state index in [0.29, 0.717) is 0 Å². The summed E-state index contributed by atoms with van der Waals surface area (Å²) in [6.07, 6.45) is -0.112. The lowest BCUT2D eigenvalue weighted by Crippen LogP contribution is -2.33. The first-order valence-electron chi connectivity index (χ1n) is 6.35. The average molecular weight is 375 g/mol. The van der Waals surface area contributed by atoms with Crippen molar-refractivity contribution in [1.29, 1.82) is 0 Å². The summed E-state index contributed by atoms with van der Waals surface area (Å²) in [6, 6.07) is 7.82. The minimum Gasteiger partial charge on any atom is -0.462 e. The maximum absolute atomic E-state index is 12.2. The first-order valence-corrected chi connectivity index (χ1v) is 7.43. The molecule has 0 spiro atoms. The zero-order chi connectivity index (χ0) is 14.8. The maximum atomic E-state index is 12.2. The molecule has 0 radical (unpaired) electrons. The molecular weight excluding hydrogens is 353 g/mol. The molecule has 1 atom stereocenters. The predicted molar refractivity (Wildman–Crippen MR) is 86.3 cm³/mol. The molecule has 0 aliphatic rings. The van der Waals surface area contributed by atoms with Crippen LogP contribution in [0.2, 0.25) is 0 Å². The Morgan fingerprint density at radius 2 is 1.79 bits per heavy atom. The maximum Gasteiger partial charge on any atom is 0.316 e. The zero-order valence-electron chi connectivity index (χ0n) is 12.2. The molecule has 2 N–H and O–H groups in total. The number of benzene rings is 1. The van der Waals surface area contributed by atoms with Crippen LogP contribution in [0.5, 0.6) is 0 Å². The SMILES string of the molecule is CC(C)OC(=O)C(C)(C)c1cccc([C@](C)(N)I)c1. The molecule has 0 saturated carbocycles. The summed E-state index contributed by atoms with van der Waals surface area (Å²) in [7, 11) is 0. The Bertz CT molecular complexity index is 461. The van der Waals surface area contributed by atoms with Gasteiger partial charge in [0.2, 0.25) is 0 Å². The van der Waals surface area contributed by atoms with Gasteiger partial charge in [-0.25, -0.2) is 0 Å². The van der Waals surface area contributed by atoms with E-state index < -0.39 is 8.96 Å². The van der Waals surface area contributed by atoms with Crippen molar-refractivity contribution >= 4 is 28.6 Å². The Morgan fingerprint density at radius 1 is 1.26 bits per heavy atom. The monoisotopic (exact) mass is 375 g/mol. The first-order chi connectivity index (χ1) is 8.55. The first kappa shape index (κ1) is 16.4. The molecular formula is C15H22INO2. The van der Waals surface area contributed by atoms with Crippen LogP contribution in [-0.4, -0.2) is 12.1 Å². The second kappa shape index (κ2) is 5.79. The molecule has 3 nitrogen and oxygen atoms in total. The molecule has 0 aliphatic heterocycles. The van der Waals surface area contributed by atoms with E-state index in [0.717, 1.165) is 11.1 Å². The van der Waals surface area contributed by atoms with Crippen LogP contribution in [0.4, 0.5) is 0 Å². The van der Waals surface area contributed by atoms with Gasteiger partial charge in [0, 0.05) is 0 Å². The van der Waals surface area contributed by atoms with Crippen molar-refractivity contribution < 1.29 is 9.53 Å². The highest BCUT2D eigenvalue weighted by Crippen LogP contribution is 2.31. The lowest BCUT2D eigenvalue weighted by molar-refractivity contribution is -0.153. The number of nitrogens with two attached hydrogens (primary N) is 1. The fourth-order valence-corrected chi connectivity index (χ4v) is 2.03. The van der Waals surface area contributed by atoms with Gasteiger partial charge in [0.15, 0.2) is 0 Å². The number of carbonyl (C=O) groups is 1. The summed E-state index contributed by atoms with van der Waals surface area (Å²) < 4.78 is 4.87. The minimum atomic E-state index is -0.678. The lowest BCUT2D eigenvalue weighted by Gasteiger charge is -2.26. The number of ether oxygens (including phenoxy) is 1. The average Bonchev–Trinajstić information content (AvgIpc) is 2.27. The Kier molecular flexibility index (Phi) is 5.01. The largest absolute Gasteiger partial charge is 0.462 e. The van der Waals surface area contributed by atoms with E-state index in [4.69, 9.17) is 10.5 Å². The van der Waals surface area contributed by atoms with Crippen molar-refractivity contribution in [3.05, 3.63) is 35.4 Å². The van der Waals surface area contributed by atoms with Gasteiger partial charge in [-0.05, 0) is 45.7 Å². The van der Waals surface area contributed by atoms with Gasteiger partial charge in [0.25, 0.3) is 0 Å². The Balaban J connectivity index is 3.11. The van der Waals surface area contributed by atoms with Crippen LogP contribution >= 0.6 is 22.6 Å². The molecule has 106 valence electrons. The molecule has 0 unspecified atom stereocenters. The summed E-state index contributed by atoms with van der Waals surface area (Å²) in [5.41, 5.74) is 7.33. The third-order valence-electron chi connectivity index (χ3n) is 3.00. The second-order valence-electron chi connectivity index (χ2n) is 5.74. The molecule has 0 bridgehead atoms. The number of hydrogen-bond acceptors (Lipinski definition) is 3. The van der Waals surface area contributed by atoms with E-state index in [1.807, 2.05) is 58.9 Å². The summed E-state index contributed by atoms with van der Waals surface area (Å²) >= 11 is 2.19. The van der Waals surface area contributed by atoms with Crippen molar-refractivity contribution in [1.82, 2.24) is 0 Å². The van der Waals surface area contributed by atoms with Crippen LogP contribution in [0.1, 0.15) is 45.7 Å². The third-order valence-corrected chi connectivity index (χ3v) is 3.62. The van der Waals surface area contributed by atoms with Crippen molar-refractivity contribution in [3.8, 4) is 0 Å². The van der Waals surface area contributed by atoms with Gasteiger partial charge in [-0.15, -0.1) is 0 Å². The number of rotatable bonds is 4. The molecule has 0 amide bonds. The van der Waals surface area contributed by atoms with E-state index in [-0.39, 0.29) is 12.1 Å². The molecule has 0 fully saturated rings. The van der Waals surface area contributed by atoms with Gasteiger partial charge < -0.3 is 10.5 Å². The molecule has 1 aromatic carbocycles. The Morgan fingerprint density at radius 3 is 2.26 bits per heavy atom. The standard InChI is InChI=1S/C15H22INO2/c1-10(2)19-13(18)14(3,4)11-7-6-8-12(9-11)15(5,16)17/h6-10H,17H2,1-5H3/t15-/m0/s1. The van der Waals surface area contributed by atoms with Gasteiger partial charge in [-0.3, -0.25) is 4.79 Å². The zero-order valence-corrected chi connectivity index (χ0v) is 14.3. The molecule has 1 rings (SSSR count). The van der Waals surface area contributed by atoms with Gasteiger partial charge in [-0.2, -0.15) is 0 Å².